The second-order valence-corrected chi connectivity index (χ2v) is 5.93. The molecule has 0 atom stereocenters. The van der Waals surface area contributed by atoms with Gasteiger partial charge in [-0.2, -0.15) is 0 Å². The third-order valence-corrected chi connectivity index (χ3v) is 4.30. The van der Waals surface area contributed by atoms with Crippen LogP contribution in [0.15, 0.2) is 28.6 Å². The van der Waals surface area contributed by atoms with Crippen molar-refractivity contribution in [1.82, 2.24) is 10.2 Å². The number of rotatable bonds is 6. The number of carboxylic acids is 1. The maximum atomic E-state index is 10.5. The maximum absolute atomic E-state index is 10.5. The fourth-order valence-corrected chi connectivity index (χ4v) is 2.88. The molecule has 7 heteroatoms. The smallest absolute Gasteiger partial charge is 0.313 e. The number of hydrogen-bond donors (Lipinski definition) is 2. The largest absolute Gasteiger partial charge is 0.481 e. The molecule has 2 rings (SSSR count). The number of carboxylic acid groups (broad SMARTS) is 1. The van der Waals surface area contributed by atoms with Crippen molar-refractivity contribution in [3.8, 4) is 0 Å². The Morgan fingerprint density at radius 1 is 1.37 bits per heavy atom. The van der Waals surface area contributed by atoms with Gasteiger partial charge in [-0.15, -0.1) is 10.2 Å². The minimum absolute atomic E-state index is 0.000168. The van der Waals surface area contributed by atoms with Crippen LogP contribution in [0.4, 0.5) is 10.8 Å². The summed E-state index contributed by atoms with van der Waals surface area (Å²) in [5.41, 5.74) is 2.23. The zero-order valence-corrected chi connectivity index (χ0v) is 11.9. The number of nitrogens with zero attached hydrogens (tertiary/aromatic N) is 2. The molecule has 5 nitrogen and oxygen atoms in total. The Hall–Kier alpha value is -1.60. The van der Waals surface area contributed by atoms with Crippen LogP contribution in [-0.2, 0) is 11.2 Å². The van der Waals surface area contributed by atoms with Crippen molar-refractivity contribution < 1.29 is 9.90 Å². The molecule has 1 aromatic carbocycles. The lowest BCUT2D eigenvalue weighted by Crippen LogP contribution is -1.96. The molecule has 1 heterocycles. The second kappa shape index (κ2) is 6.53. The molecule has 100 valence electrons. The quantitative estimate of drug-likeness (QED) is 0.798. The third-order valence-electron chi connectivity index (χ3n) is 2.34. The number of aliphatic carboxylic acids is 1. The summed E-state index contributed by atoms with van der Waals surface area (Å²) in [6.07, 6.45) is 1.01. The average molecular weight is 295 g/mol. The van der Waals surface area contributed by atoms with E-state index >= 15 is 0 Å². The van der Waals surface area contributed by atoms with Crippen molar-refractivity contribution in [3.05, 3.63) is 29.8 Å². The molecule has 0 bridgehead atoms. The number of thioether (sulfide) groups is 1. The lowest BCUT2D eigenvalue weighted by atomic mass is 10.1. The van der Waals surface area contributed by atoms with Crippen LogP contribution < -0.4 is 5.32 Å². The molecule has 0 fully saturated rings. The first-order valence-electron chi connectivity index (χ1n) is 5.71. The van der Waals surface area contributed by atoms with E-state index in [4.69, 9.17) is 5.11 Å². The number of anilines is 2. The molecule has 1 aromatic heterocycles. The summed E-state index contributed by atoms with van der Waals surface area (Å²) in [6, 6.07) is 8.10. The van der Waals surface area contributed by atoms with Crippen molar-refractivity contribution in [2.75, 3.05) is 11.1 Å². The zero-order chi connectivity index (χ0) is 13.7. The number of nitrogens with one attached hydrogen (secondary N) is 1. The van der Waals surface area contributed by atoms with E-state index in [-0.39, 0.29) is 5.75 Å². The van der Waals surface area contributed by atoms with Gasteiger partial charge in [-0.25, -0.2) is 0 Å². The van der Waals surface area contributed by atoms with Gasteiger partial charge in [0.25, 0.3) is 0 Å². The van der Waals surface area contributed by atoms with E-state index in [2.05, 4.69) is 34.6 Å². The van der Waals surface area contributed by atoms with Crippen LogP contribution in [0.3, 0.4) is 0 Å². The zero-order valence-electron chi connectivity index (χ0n) is 10.3. The first kappa shape index (κ1) is 13.8. The highest BCUT2D eigenvalue weighted by atomic mass is 32.2. The summed E-state index contributed by atoms with van der Waals surface area (Å²) < 4.78 is 0.648. The van der Waals surface area contributed by atoms with Crippen molar-refractivity contribution >= 4 is 39.9 Å². The summed E-state index contributed by atoms with van der Waals surface area (Å²) in [7, 11) is 0. The second-order valence-electron chi connectivity index (χ2n) is 3.73. The third kappa shape index (κ3) is 4.22. The van der Waals surface area contributed by atoms with Crippen LogP contribution in [0.2, 0.25) is 0 Å². The average Bonchev–Trinajstić information content (AvgIpc) is 2.85. The highest BCUT2D eigenvalue weighted by Gasteiger charge is 2.07. The molecule has 0 radical (unpaired) electrons. The van der Waals surface area contributed by atoms with Crippen LogP contribution in [0.1, 0.15) is 12.5 Å². The highest BCUT2D eigenvalue weighted by molar-refractivity contribution is 8.01. The normalized spacial score (nSPS) is 10.4. The van der Waals surface area contributed by atoms with Gasteiger partial charge in [0.2, 0.25) is 5.13 Å². The van der Waals surface area contributed by atoms with E-state index in [1.807, 2.05) is 12.1 Å². The van der Waals surface area contributed by atoms with Gasteiger partial charge in [0, 0.05) is 5.69 Å². The molecule has 0 aliphatic rings. The summed E-state index contributed by atoms with van der Waals surface area (Å²) in [5, 5.41) is 20.3. The van der Waals surface area contributed by atoms with Crippen molar-refractivity contribution in [1.29, 1.82) is 0 Å². The summed E-state index contributed by atoms with van der Waals surface area (Å²) in [4.78, 5) is 10.5. The number of aryl methyl sites for hydroxylation is 1. The SMILES string of the molecule is CCc1ccc(Nc2nnc(SCC(=O)O)s2)cc1. The van der Waals surface area contributed by atoms with Gasteiger partial charge < -0.3 is 10.4 Å². The van der Waals surface area contributed by atoms with Crippen LogP contribution in [-0.4, -0.2) is 27.0 Å². The first-order chi connectivity index (χ1) is 9.17. The molecular weight excluding hydrogens is 282 g/mol. The Labute approximate surface area is 119 Å². The maximum Gasteiger partial charge on any atom is 0.313 e. The van der Waals surface area contributed by atoms with Crippen LogP contribution >= 0.6 is 23.1 Å². The Bertz CT molecular complexity index is 554. The van der Waals surface area contributed by atoms with E-state index in [1.54, 1.807) is 0 Å². The fraction of sp³-hybridized carbons (Fsp3) is 0.250. The molecule has 0 saturated heterocycles. The Kier molecular flexibility index (Phi) is 4.75. The van der Waals surface area contributed by atoms with E-state index in [0.717, 1.165) is 12.1 Å². The van der Waals surface area contributed by atoms with Gasteiger partial charge in [0.15, 0.2) is 4.34 Å². The van der Waals surface area contributed by atoms with Crippen molar-refractivity contribution in [3.63, 3.8) is 0 Å². The van der Waals surface area contributed by atoms with E-state index < -0.39 is 5.97 Å². The molecule has 0 aliphatic carbocycles. The van der Waals surface area contributed by atoms with E-state index in [1.165, 1.54) is 28.7 Å². The van der Waals surface area contributed by atoms with Gasteiger partial charge in [-0.3, -0.25) is 4.79 Å². The Morgan fingerprint density at radius 3 is 2.74 bits per heavy atom. The van der Waals surface area contributed by atoms with Crippen LogP contribution in [0.25, 0.3) is 0 Å². The first-order valence-corrected chi connectivity index (χ1v) is 7.51. The molecule has 2 aromatic rings. The topological polar surface area (TPSA) is 75.1 Å². The summed E-state index contributed by atoms with van der Waals surface area (Å²) in [6.45, 7) is 2.11. The van der Waals surface area contributed by atoms with Crippen molar-refractivity contribution in [2.24, 2.45) is 0 Å². The van der Waals surface area contributed by atoms with Crippen LogP contribution in [0, 0.1) is 0 Å². The number of aromatic nitrogens is 2. The number of carbonyl (C=O) groups is 1. The summed E-state index contributed by atoms with van der Waals surface area (Å²) >= 11 is 2.52. The Balaban J connectivity index is 1.96. The predicted molar refractivity (Wildman–Crippen MR) is 77.4 cm³/mol. The van der Waals surface area contributed by atoms with E-state index in [9.17, 15) is 4.79 Å². The van der Waals surface area contributed by atoms with Gasteiger partial charge >= 0.3 is 5.97 Å². The van der Waals surface area contributed by atoms with Crippen molar-refractivity contribution in [2.45, 2.75) is 17.7 Å². The minimum Gasteiger partial charge on any atom is -0.481 e. The molecule has 19 heavy (non-hydrogen) atoms. The molecule has 0 amide bonds. The monoisotopic (exact) mass is 295 g/mol. The van der Waals surface area contributed by atoms with Gasteiger partial charge in [-0.05, 0) is 24.1 Å². The highest BCUT2D eigenvalue weighted by Crippen LogP contribution is 2.27. The number of hydrogen-bond acceptors (Lipinski definition) is 6. The predicted octanol–water partition coefficient (Wildman–Crippen LogP) is 3.02. The Morgan fingerprint density at radius 2 is 2.11 bits per heavy atom. The van der Waals surface area contributed by atoms with Gasteiger partial charge in [0.05, 0.1) is 5.75 Å². The molecular formula is C12H13N3O2S2. The number of benzene rings is 1. The van der Waals surface area contributed by atoms with Gasteiger partial charge in [0.1, 0.15) is 0 Å². The molecule has 0 unspecified atom stereocenters. The van der Waals surface area contributed by atoms with E-state index in [0.29, 0.717) is 9.47 Å². The lowest BCUT2D eigenvalue weighted by molar-refractivity contribution is -0.133. The standard InChI is InChI=1S/C12H13N3O2S2/c1-2-8-3-5-9(6-4-8)13-11-14-15-12(19-11)18-7-10(16)17/h3-6H,2,7H2,1H3,(H,13,14)(H,16,17). The fourth-order valence-electron chi connectivity index (χ4n) is 1.39. The molecule has 0 aliphatic heterocycles. The van der Waals surface area contributed by atoms with Gasteiger partial charge in [-0.1, -0.05) is 42.2 Å². The molecule has 0 spiro atoms. The molecule has 0 saturated carbocycles. The minimum atomic E-state index is -0.857. The summed E-state index contributed by atoms with van der Waals surface area (Å²) in [5.74, 6) is -0.857. The lowest BCUT2D eigenvalue weighted by Gasteiger charge is -2.02. The van der Waals surface area contributed by atoms with Crippen LogP contribution in [0.5, 0.6) is 0 Å². The molecule has 2 N–H and O–H groups in total.